The van der Waals surface area contributed by atoms with Crippen LogP contribution < -0.4 is 0 Å². The van der Waals surface area contributed by atoms with E-state index in [0.29, 0.717) is 12.2 Å². The molecule has 0 aliphatic heterocycles. The molecule has 0 aromatic carbocycles. The third-order valence-corrected chi connectivity index (χ3v) is 3.34. The van der Waals surface area contributed by atoms with Gasteiger partial charge in [0.05, 0.1) is 0 Å². The summed E-state index contributed by atoms with van der Waals surface area (Å²) in [6, 6.07) is 3.68. The van der Waals surface area contributed by atoms with Crippen molar-refractivity contribution in [2.75, 3.05) is 0 Å². The highest BCUT2D eigenvalue weighted by atomic mass is 127. The number of halogens is 1. The Kier molecular flexibility index (Phi) is 3.11. The van der Waals surface area contributed by atoms with Crippen molar-refractivity contribution in [3.63, 3.8) is 0 Å². The molecular formula is C10H8INO2S. The maximum atomic E-state index is 10.9. The lowest BCUT2D eigenvalue weighted by molar-refractivity contribution is 0.0685. The summed E-state index contributed by atoms with van der Waals surface area (Å²) < 4.78 is 2.70. The Bertz CT molecular complexity index is 476. The standard InChI is InChI=1S/C10H8INO2S/c11-8-3-9(10(13)14)12(5-8)4-7-1-2-15-6-7/h1-3,5-6H,4H2,(H,13,14). The first-order chi connectivity index (χ1) is 7.16. The Morgan fingerprint density at radius 1 is 1.60 bits per heavy atom. The smallest absolute Gasteiger partial charge is 0.352 e. The van der Waals surface area contributed by atoms with Crippen LogP contribution in [0.25, 0.3) is 0 Å². The minimum absolute atomic E-state index is 0.339. The maximum absolute atomic E-state index is 10.9. The van der Waals surface area contributed by atoms with E-state index in [9.17, 15) is 4.79 Å². The van der Waals surface area contributed by atoms with Crippen molar-refractivity contribution in [2.45, 2.75) is 6.54 Å². The van der Waals surface area contributed by atoms with Gasteiger partial charge in [-0.25, -0.2) is 4.79 Å². The molecule has 2 aromatic rings. The molecule has 2 aromatic heterocycles. The zero-order chi connectivity index (χ0) is 10.8. The van der Waals surface area contributed by atoms with Crippen LogP contribution in [0.15, 0.2) is 29.1 Å². The number of aromatic nitrogens is 1. The van der Waals surface area contributed by atoms with Crippen LogP contribution in [0.5, 0.6) is 0 Å². The first-order valence-electron chi connectivity index (χ1n) is 4.27. The van der Waals surface area contributed by atoms with Gasteiger partial charge in [-0.15, -0.1) is 0 Å². The number of aromatic carboxylic acids is 1. The summed E-state index contributed by atoms with van der Waals surface area (Å²) in [5, 5.41) is 13.0. The van der Waals surface area contributed by atoms with Gasteiger partial charge in [-0.1, -0.05) is 0 Å². The van der Waals surface area contributed by atoms with Gasteiger partial charge in [-0.2, -0.15) is 11.3 Å². The summed E-state index contributed by atoms with van der Waals surface area (Å²) in [7, 11) is 0. The lowest BCUT2D eigenvalue weighted by atomic mass is 10.3. The molecule has 78 valence electrons. The van der Waals surface area contributed by atoms with Crippen LogP contribution in [-0.2, 0) is 6.54 Å². The first-order valence-corrected chi connectivity index (χ1v) is 6.29. The molecule has 0 bridgehead atoms. The molecular weight excluding hydrogens is 325 g/mol. The Morgan fingerprint density at radius 3 is 3.00 bits per heavy atom. The summed E-state index contributed by atoms with van der Waals surface area (Å²) in [5.41, 5.74) is 1.47. The number of thiophene rings is 1. The van der Waals surface area contributed by atoms with Crippen LogP contribution in [-0.4, -0.2) is 15.6 Å². The highest BCUT2D eigenvalue weighted by Crippen LogP contribution is 2.15. The SMILES string of the molecule is O=C(O)c1cc(I)cn1Cc1ccsc1. The van der Waals surface area contributed by atoms with Crippen LogP contribution in [0.1, 0.15) is 16.1 Å². The van der Waals surface area contributed by atoms with E-state index in [4.69, 9.17) is 5.11 Å². The molecule has 0 saturated carbocycles. The topological polar surface area (TPSA) is 42.2 Å². The van der Waals surface area contributed by atoms with Crippen LogP contribution >= 0.6 is 33.9 Å². The summed E-state index contributed by atoms with van der Waals surface area (Å²) in [6.07, 6.45) is 1.85. The normalized spacial score (nSPS) is 10.5. The largest absolute Gasteiger partial charge is 0.477 e. The predicted molar refractivity (Wildman–Crippen MR) is 67.5 cm³/mol. The minimum atomic E-state index is -0.881. The third kappa shape index (κ3) is 2.40. The van der Waals surface area contributed by atoms with E-state index in [-0.39, 0.29) is 0 Å². The fraction of sp³-hybridized carbons (Fsp3) is 0.100. The average molecular weight is 333 g/mol. The summed E-state index contributed by atoms with van der Waals surface area (Å²) in [6.45, 7) is 0.619. The molecule has 0 fully saturated rings. The molecule has 5 heteroatoms. The van der Waals surface area contributed by atoms with Crippen molar-refractivity contribution in [1.29, 1.82) is 0 Å². The number of hydrogen-bond acceptors (Lipinski definition) is 2. The fourth-order valence-electron chi connectivity index (χ4n) is 1.36. The Balaban J connectivity index is 2.31. The summed E-state index contributed by atoms with van der Waals surface area (Å²) in [5.74, 6) is -0.881. The van der Waals surface area contributed by atoms with E-state index in [1.807, 2.05) is 23.0 Å². The third-order valence-electron chi connectivity index (χ3n) is 2.02. The number of carboxylic acid groups (broad SMARTS) is 1. The Labute approximate surface area is 104 Å². The molecule has 0 aliphatic rings. The summed E-state index contributed by atoms with van der Waals surface area (Å²) in [4.78, 5) is 10.9. The van der Waals surface area contributed by atoms with Gasteiger partial charge in [0.25, 0.3) is 0 Å². The Morgan fingerprint density at radius 2 is 2.40 bits per heavy atom. The quantitative estimate of drug-likeness (QED) is 0.878. The van der Waals surface area contributed by atoms with E-state index < -0.39 is 5.97 Å². The predicted octanol–water partition coefficient (Wildman–Crippen LogP) is 2.90. The van der Waals surface area contributed by atoms with Crippen molar-refractivity contribution in [1.82, 2.24) is 4.57 Å². The van der Waals surface area contributed by atoms with Gasteiger partial charge in [0.2, 0.25) is 0 Å². The average Bonchev–Trinajstić information content (AvgIpc) is 2.75. The van der Waals surface area contributed by atoms with Gasteiger partial charge in [-0.3, -0.25) is 0 Å². The van der Waals surface area contributed by atoms with Crippen LogP contribution in [0.3, 0.4) is 0 Å². The van der Waals surface area contributed by atoms with E-state index in [1.54, 1.807) is 22.0 Å². The molecule has 15 heavy (non-hydrogen) atoms. The zero-order valence-corrected chi connectivity index (χ0v) is 10.7. The first kappa shape index (κ1) is 10.7. The fourth-order valence-corrected chi connectivity index (χ4v) is 2.65. The number of rotatable bonds is 3. The number of carbonyl (C=O) groups is 1. The van der Waals surface area contributed by atoms with Crippen LogP contribution in [0.2, 0.25) is 0 Å². The van der Waals surface area contributed by atoms with Crippen molar-refractivity contribution < 1.29 is 9.90 Å². The van der Waals surface area contributed by atoms with Crippen molar-refractivity contribution in [3.8, 4) is 0 Å². The van der Waals surface area contributed by atoms with Gasteiger partial charge in [0.15, 0.2) is 0 Å². The molecule has 0 atom stereocenters. The Hall–Kier alpha value is -0.820. The van der Waals surface area contributed by atoms with Gasteiger partial charge in [0, 0.05) is 16.3 Å². The number of carboxylic acids is 1. The van der Waals surface area contributed by atoms with Crippen LogP contribution in [0, 0.1) is 3.57 Å². The molecule has 0 amide bonds. The van der Waals surface area contributed by atoms with E-state index >= 15 is 0 Å². The molecule has 0 radical (unpaired) electrons. The van der Waals surface area contributed by atoms with Gasteiger partial charge < -0.3 is 9.67 Å². The number of hydrogen-bond donors (Lipinski definition) is 1. The lowest BCUT2D eigenvalue weighted by Gasteiger charge is -2.03. The minimum Gasteiger partial charge on any atom is -0.477 e. The van der Waals surface area contributed by atoms with Gasteiger partial charge in [0.1, 0.15) is 5.69 Å². The molecule has 2 heterocycles. The maximum Gasteiger partial charge on any atom is 0.352 e. The van der Waals surface area contributed by atoms with Gasteiger partial charge >= 0.3 is 5.97 Å². The highest BCUT2D eigenvalue weighted by molar-refractivity contribution is 14.1. The molecule has 0 unspecified atom stereocenters. The molecule has 2 rings (SSSR count). The number of nitrogens with zero attached hydrogens (tertiary/aromatic N) is 1. The molecule has 3 nitrogen and oxygen atoms in total. The van der Waals surface area contributed by atoms with Gasteiger partial charge in [-0.05, 0) is 51.0 Å². The zero-order valence-electron chi connectivity index (χ0n) is 7.68. The second-order valence-electron chi connectivity index (χ2n) is 3.11. The lowest BCUT2D eigenvalue weighted by Crippen LogP contribution is -2.07. The van der Waals surface area contributed by atoms with Crippen LogP contribution in [0.4, 0.5) is 0 Å². The van der Waals surface area contributed by atoms with E-state index in [2.05, 4.69) is 22.6 Å². The molecule has 0 saturated heterocycles. The van der Waals surface area contributed by atoms with E-state index in [0.717, 1.165) is 9.13 Å². The van der Waals surface area contributed by atoms with Crippen molar-refractivity contribution in [3.05, 3.63) is 43.9 Å². The second kappa shape index (κ2) is 4.36. The molecule has 0 aliphatic carbocycles. The monoisotopic (exact) mass is 333 g/mol. The molecule has 1 N–H and O–H groups in total. The highest BCUT2D eigenvalue weighted by Gasteiger charge is 2.11. The van der Waals surface area contributed by atoms with E-state index in [1.165, 1.54) is 0 Å². The van der Waals surface area contributed by atoms with Crippen molar-refractivity contribution in [2.24, 2.45) is 0 Å². The second-order valence-corrected chi connectivity index (χ2v) is 5.13. The summed E-state index contributed by atoms with van der Waals surface area (Å²) >= 11 is 3.74. The molecule has 0 spiro atoms. The van der Waals surface area contributed by atoms with Crippen molar-refractivity contribution >= 4 is 39.9 Å².